The van der Waals surface area contributed by atoms with Crippen molar-refractivity contribution in [1.82, 2.24) is 0 Å². The first-order chi connectivity index (χ1) is 11.6. The summed E-state index contributed by atoms with van der Waals surface area (Å²) in [5.41, 5.74) is 0. The highest BCUT2D eigenvalue weighted by Crippen LogP contribution is 2.32. The van der Waals surface area contributed by atoms with E-state index in [0.29, 0.717) is 13.2 Å². The van der Waals surface area contributed by atoms with E-state index in [1.807, 2.05) is 0 Å². The molecule has 0 radical (unpaired) electrons. The van der Waals surface area contributed by atoms with Gasteiger partial charge in [-0.15, -0.1) is 0 Å². The van der Waals surface area contributed by atoms with Gasteiger partial charge in [0.2, 0.25) is 0 Å². The normalized spacial score (nSPS) is 49.8. The van der Waals surface area contributed by atoms with Crippen LogP contribution in [0.1, 0.15) is 13.3 Å². The lowest BCUT2D eigenvalue weighted by Gasteiger charge is -2.56. The topological polar surface area (TPSA) is 68.2 Å². The Kier molecular flexibility index (Phi) is 6.12. The number of aliphatic hydroxyl groups excluding tert-OH is 2. The maximum absolute atomic E-state index is 10.5. The minimum Gasteiger partial charge on any atom is -1.00 e. The summed E-state index contributed by atoms with van der Waals surface area (Å²) in [6.45, 7) is 12.6. The van der Waals surface area contributed by atoms with Crippen molar-refractivity contribution in [3.63, 3.8) is 0 Å². The third kappa shape index (κ3) is 3.65. The Morgan fingerprint density at radius 3 is 2.12 bits per heavy atom. The molecule has 6 fully saturated rings. The monoisotopic (exact) mass is 423 g/mol. The second-order valence-corrected chi connectivity index (χ2v) is 8.11. The maximum Gasteiger partial charge on any atom is 0.186 e. The number of ether oxygens (including phenoxy) is 3. The van der Waals surface area contributed by atoms with Crippen molar-refractivity contribution in [2.24, 2.45) is 0 Å². The molecule has 5 atom stereocenters. The van der Waals surface area contributed by atoms with Crippen molar-refractivity contribution in [2.45, 2.75) is 44.1 Å². The van der Waals surface area contributed by atoms with Crippen LogP contribution < -0.4 is 17.0 Å². The molecule has 146 valence electrons. The van der Waals surface area contributed by atoms with E-state index in [9.17, 15) is 10.2 Å². The highest BCUT2D eigenvalue weighted by Gasteiger charge is 2.53. The number of nitrogens with zero attached hydrogens (tertiary/aromatic N) is 2. The second kappa shape index (κ2) is 7.67. The summed E-state index contributed by atoms with van der Waals surface area (Å²) in [4.78, 5) is 0. The predicted octanol–water partition coefficient (Wildman–Crippen LogP) is -4.08. The SMILES string of the molecule is CC[N+]12CC[N+](CC3OC4OCCCOC3C(O)C4O)(CC1)CC2.[Br-]. The summed E-state index contributed by atoms with van der Waals surface area (Å²) in [6, 6.07) is 0. The predicted molar refractivity (Wildman–Crippen MR) is 86.1 cm³/mol. The fourth-order valence-electron chi connectivity index (χ4n) is 4.95. The fraction of sp³-hybridized carbons (Fsp3) is 1.00. The number of quaternary nitrogens is 2. The lowest BCUT2D eigenvalue weighted by molar-refractivity contribution is -1.08. The average molecular weight is 424 g/mol. The average Bonchev–Trinajstić information content (AvgIpc) is 2.75. The van der Waals surface area contributed by atoms with Gasteiger partial charge in [-0.25, -0.2) is 0 Å². The third-order valence-electron chi connectivity index (χ3n) is 6.91. The Hall–Kier alpha value is 0.200. The molecule has 6 aliphatic heterocycles. The molecule has 0 saturated carbocycles. The van der Waals surface area contributed by atoms with Crippen molar-refractivity contribution in [3.05, 3.63) is 0 Å². The summed E-state index contributed by atoms with van der Waals surface area (Å²) in [5.74, 6) is 0. The van der Waals surface area contributed by atoms with Crippen LogP contribution in [-0.4, -0.2) is 115 Å². The molecule has 6 rings (SSSR count). The van der Waals surface area contributed by atoms with Gasteiger partial charge in [-0.2, -0.15) is 0 Å². The largest absolute Gasteiger partial charge is 1.00 e. The Morgan fingerprint density at radius 1 is 0.880 bits per heavy atom. The zero-order valence-corrected chi connectivity index (χ0v) is 16.6. The fourth-order valence-corrected chi connectivity index (χ4v) is 4.95. The van der Waals surface area contributed by atoms with Crippen LogP contribution >= 0.6 is 0 Å². The van der Waals surface area contributed by atoms with Crippen molar-refractivity contribution in [1.29, 1.82) is 0 Å². The van der Waals surface area contributed by atoms with Crippen molar-refractivity contribution >= 4 is 0 Å². The quantitative estimate of drug-likeness (QED) is 0.452. The lowest BCUT2D eigenvalue weighted by Crippen LogP contribution is -3.00. The molecule has 0 aromatic heterocycles. The molecule has 7 nitrogen and oxygen atoms in total. The van der Waals surface area contributed by atoms with Gasteiger partial charge < -0.3 is 50.4 Å². The zero-order valence-electron chi connectivity index (χ0n) is 15.1. The van der Waals surface area contributed by atoms with Gasteiger partial charge in [-0.1, -0.05) is 0 Å². The van der Waals surface area contributed by atoms with Crippen LogP contribution in [0.2, 0.25) is 0 Å². The number of fused-ring (bicyclic) bond motifs is 9. The molecule has 0 aromatic rings. The van der Waals surface area contributed by atoms with E-state index in [0.717, 1.165) is 17.4 Å². The molecule has 8 heteroatoms. The molecule has 4 bridgehead atoms. The number of rotatable bonds is 3. The Balaban J connectivity index is 0.00000182. The van der Waals surface area contributed by atoms with Crippen LogP contribution in [0.4, 0.5) is 0 Å². The van der Waals surface area contributed by atoms with E-state index in [2.05, 4.69) is 6.92 Å². The van der Waals surface area contributed by atoms with Gasteiger partial charge in [0, 0.05) is 6.61 Å². The van der Waals surface area contributed by atoms with Gasteiger partial charge in [0.1, 0.15) is 70.2 Å². The molecule has 0 aromatic carbocycles. The number of halogens is 1. The molecule has 0 spiro atoms. The zero-order chi connectivity index (χ0) is 16.8. The van der Waals surface area contributed by atoms with Gasteiger partial charge >= 0.3 is 0 Å². The first kappa shape index (κ1) is 19.9. The van der Waals surface area contributed by atoms with Gasteiger partial charge in [0.25, 0.3) is 0 Å². The summed E-state index contributed by atoms with van der Waals surface area (Å²) in [5, 5.41) is 20.7. The number of hydrogen-bond acceptors (Lipinski definition) is 5. The van der Waals surface area contributed by atoms with E-state index in [4.69, 9.17) is 14.2 Å². The Labute approximate surface area is 160 Å². The van der Waals surface area contributed by atoms with E-state index >= 15 is 0 Å². The van der Waals surface area contributed by atoms with E-state index < -0.39 is 24.6 Å². The minimum atomic E-state index is -1.03. The van der Waals surface area contributed by atoms with Gasteiger partial charge in [0.05, 0.1) is 13.2 Å². The Bertz CT molecular complexity index is 442. The molecule has 6 heterocycles. The van der Waals surface area contributed by atoms with E-state index in [1.54, 1.807) is 0 Å². The first-order valence-corrected chi connectivity index (χ1v) is 9.52. The summed E-state index contributed by atoms with van der Waals surface area (Å²) < 4.78 is 19.9. The highest BCUT2D eigenvalue weighted by molar-refractivity contribution is 4.91. The van der Waals surface area contributed by atoms with Crippen molar-refractivity contribution < 1.29 is 50.4 Å². The van der Waals surface area contributed by atoms with Crippen molar-refractivity contribution in [3.8, 4) is 0 Å². The van der Waals surface area contributed by atoms with Gasteiger partial charge in [-0.05, 0) is 13.3 Å². The van der Waals surface area contributed by atoms with Crippen LogP contribution in [0.3, 0.4) is 0 Å². The van der Waals surface area contributed by atoms with Crippen LogP contribution in [0.25, 0.3) is 0 Å². The lowest BCUT2D eigenvalue weighted by atomic mass is 9.96. The van der Waals surface area contributed by atoms with Gasteiger partial charge in [0.15, 0.2) is 6.29 Å². The first-order valence-electron chi connectivity index (χ1n) is 9.52. The van der Waals surface area contributed by atoms with Gasteiger partial charge in [-0.3, -0.25) is 0 Å². The minimum absolute atomic E-state index is 0. The summed E-state index contributed by atoms with van der Waals surface area (Å²) in [6.07, 6.45) is -2.62. The molecule has 0 amide bonds. The molecular formula is C17H32BrN2O5+. The van der Waals surface area contributed by atoms with Crippen LogP contribution in [-0.2, 0) is 14.2 Å². The highest BCUT2D eigenvalue weighted by atomic mass is 79.9. The second-order valence-electron chi connectivity index (χ2n) is 8.11. The molecule has 6 saturated heterocycles. The van der Waals surface area contributed by atoms with E-state index in [-0.39, 0.29) is 23.1 Å². The standard InChI is InChI=1S/C17H32N2O5.BrH/c1-2-18-4-7-19(8-5-18,9-6-18)12-13-16-14(20)15(21)17(24-13)23-11-3-10-22-16;/h13-17,20-21H,2-12H2,1H3;1H/q+2;/p-1. The number of aliphatic hydroxyl groups is 2. The molecular weight excluding hydrogens is 392 g/mol. The summed E-state index contributed by atoms with van der Waals surface area (Å²) >= 11 is 0. The number of likely N-dealkylation sites (N-methyl/N-ethyl adjacent to an activating group) is 1. The summed E-state index contributed by atoms with van der Waals surface area (Å²) in [7, 11) is 0. The van der Waals surface area contributed by atoms with Crippen molar-refractivity contribution in [2.75, 3.05) is 65.6 Å². The van der Waals surface area contributed by atoms with Crippen LogP contribution in [0.5, 0.6) is 0 Å². The van der Waals surface area contributed by atoms with Crippen LogP contribution in [0, 0.1) is 0 Å². The Morgan fingerprint density at radius 2 is 1.48 bits per heavy atom. The maximum atomic E-state index is 10.5. The smallest absolute Gasteiger partial charge is 0.186 e. The molecule has 0 aliphatic carbocycles. The van der Waals surface area contributed by atoms with E-state index in [1.165, 1.54) is 50.3 Å². The molecule has 2 N–H and O–H groups in total. The molecule has 5 unspecified atom stereocenters. The molecule has 25 heavy (non-hydrogen) atoms. The molecule has 6 aliphatic rings. The van der Waals surface area contributed by atoms with Crippen LogP contribution in [0.15, 0.2) is 0 Å². The number of piperazine rings is 3. The number of hydrogen-bond donors (Lipinski definition) is 2. The third-order valence-corrected chi connectivity index (χ3v) is 6.91.